The van der Waals surface area contributed by atoms with Gasteiger partial charge in [0, 0.05) is 11.8 Å². The fraction of sp³-hybridized carbons (Fsp3) is 0.111. The summed E-state index contributed by atoms with van der Waals surface area (Å²) in [7, 11) is 0. The molecular weight excluding hydrogens is 306 g/mol. The summed E-state index contributed by atoms with van der Waals surface area (Å²) >= 11 is 0. The van der Waals surface area contributed by atoms with Crippen LogP contribution in [0.5, 0.6) is 11.5 Å². The molecule has 4 rings (SSSR count). The highest BCUT2D eigenvalue weighted by Crippen LogP contribution is 2.34. The normalized spacial score (nSPS) is 12.2. The van der Waals surface area contributed by atoms with Gasteiger partial charge < -0.3 is 14.8 Å². The molecule has 6 nitrogen and oxygen atoms in total. The third kappa shape index (κ3) is 2.48. The van der Waals surface area contributed by atoms with Crippen LogP contribution in [-0.2, 0) is 0 Å². The van der Waals surface area contributed by atoms with Crippen molar-refractivity contribution >= 4 is 11.6 Å². The number of benzene rings is 2. The van der Waals surface area contributed by atoms with Gasteiger partial charge in [-0.15, -0.1) is 0 Å². The van der Waals surface area contributed by atoms with Gasteiger partial charge in [0.05, 0.1) is 23.1 Å². The van der Waals surface area contributed by atoms with Crippen LogP contribution in [0.3, 0.4) is 0 Å². The molecule has 1 amide bonds. The number of aromatic nitrogens is 2. The number of rotatable bonds is 3. The predicted octanol–water partition coefficient (Wildman–Crippen LogP) is 3.16. The number of nitrogens with one attached hydrogen (secondary N) is 1. The Bertz CT molecular complexity index is 903. The van der Waals surface area contributed by atoms with E-state index in [4.69, 9.17) is 9.47 Å². The number of ether oxygens (including phenoxy) is 2. The second-order valence-electron chi connectivity index (χ2n) is 5.41. The maximum absolute atomic E-state index is 12.5. The van der Waals surface area contributed by atoms with Crippen LogP contribution >= 0.6 is 0 Å². The first kappa shape index (κ1) is 14.3. The Balaban J connectivity index is 1.58. The Morgan fingerprint density at radius 1 is 1.12 bits per heavy atom. The van der Waals surface area contributed by atoms with Crippen LogP contribution in [0.4, 0.5) is 5.69 Å². The number of carbonyl (C=O) groups excluding carboxylic acids is 1. The van der Waals surface area contributed by atoms with Crippen molar-refractivity contribution in [2.24, 2.45) is 0 Å². The number of anilines is 1. The quantitative estimate of drug-likeness (QED) is 0.805. The summed E-state index contributed by atoms with van der Waals surface area (Å²) < 4.78 is 12.3. The van der Waals surface area contributed by atoms with Crippen LogP contribution in [0, 0.1) is 6.92 Å². The Labute approximate surface area is 138 Å². The van der Waals surface area contributed by atoms with E-state index in [0.29, 0.717) is 22.7 Å². The molecule has 2 aromatic carbocycles. The van der Waals surface area contributed by atoms with Gasteiger partial charge in [-0.2, -0.15) is 5.10 Å². The molecule has 24 heavy (non-hydrogen) atoms. The Morgan fingerprint density at radius 2 is 1.92 bits per heavy atom. The van der Waals surface area contributed by atoms with E-state index in [1.807, 2.05) is 37.3 Å². The molecule has 2 heterocycles. The first-order chi connectivity index (χ1) is 11.7. The van der Waals surface area contributed by atoms with E-state index in [1.54, 1.807) is 29.1 Å². The number of fused-ring (bicyclic) bond motifs is 1. The molecule has 0 unspecified atom stereocenters. The number of hydrogen-bond acceptors (Lipinski definition) is 4. The lowest BCUT2D eigenvalue weighted by molar-refractivity contribution is 0.102. The van der Waals surface area contributed by atoms with Crippen molar-refractivity contribution in [3.8, 4) is 17.2 Å². The molecule has 0 radical (unpaired) electrons. The summed E-state index contributed by atoms with van der Waals surface area (Å²) in [5, 5.41) is 7.18. The van der Waals surface area contributed by atoms with Gasteiger partial charge in [0.1, 0.15) is 0 Å². The van der Waals surface area contributed by atoms with Gasteiger partial charge in [0.15, 0.2) is 11.5 Å². The molecule has 0 spiro atoms. The molecule has 0 atom stereocenters. The molecular formula is C18H15N3O3. The molecule has 0 saturated carbocycles. The first-order valence-corrected chi connectivity index (χ1v) is 7.53. The van der Waals surface area contributed by atoms with Crippen molar-refractivity contribution in [2.75, 3.05) is 12.1 Å². The van der Waals surface area contributed by atoms with Crippen LogP contribution in [-0.4, -0.2) is 22.5 Å². The molecule has 0 aliphatic carbocycles. The lowest BCUT2D eigenvalue weighted by Crippen LogP contribution is -2.13. The topological polar surface area (TPSA) is 65.4 Å². The second kappa shape index (κ2) is 5.73. The third-order valence-electron chi connectivity index (χ3n) is 3.89. The van der Waals surface area contributed by atoms with Crippen molar-refractivity contribution in [3.05, 3.63) is 66.0 Å². The zero-order valence-electron chi connectivity index (χ0n) is 13.0. The lowest BCUT2D eigenvalue weighted by Gasteiger charge is -2.07. The zero-order chi connectivity index (χ0) is 16.5. The predicted molar refractivity (Wildman–Crippen MR) is 88.8 cm³/mol. The Hall–Kier alpha value is -3.28. The summed E-state index contributed by atoms with van der Waals surface area (Å²) in [6, 6.07) is 15.0. The first-order valence-electron chi connectivity index (χ1n) is 7.53. The van der Waals surface area contributed by atoms with Gasteiger partial charge >= 0.3 is 0 Å². The average molecular weight is 321 g/mol. The summed E-state index contributed by atoms with van der Waals surface area (Å²) in [5.74, 6) is 1.10. The van der Waals surface area contributed by atoms with E-state index in [0.717, 1.165) is 11.4 Å². The minimum absolute atomic E-state index is 0.204. The second-order valence-corrected chi connectivity index (χ2v) is 5.41. The average Bonchev–Trinajstić information content (AvgIpc) is 3.21. The van der Waals surface area contributed by atoms with E-state index in [2.05, 4.69) is 10.4 Å². The van der Waals surface area contributed by atoms with Gasteiger partial charge in [-0.1, -0.05) is 18.2 Å². The zero-order valence-corrected chi connectivity index (χ0v) is 13.0. The maximum Gasteiger partial charge on any atom is 0.259 e. The molecule has 1 aliphatic heterocycles. The largest absolute Gasteiger partial charge is 0.454 e. The molecule has 1 aromatic heterocycles. The van der Waals surface area contributed by atoms with Gasteiger partial charge in [0.2, 0.25) is 6.79 Å². The van der Waals surface area contributed by atoms with E-state index in [1.165, 1.54) is 0 Å². The molecule has 1 aliphatic rings. The van der Waals surface area contributed by atoms with Gasteiger partial charge in [0.25, 0.3) is 5.91 Å². The smallest absolute Gasteiger partial charge is 0.259 e. The lowest BCUT2D eigenvalue weighted by atomic mass is 10.2. The highest BCUT2D eigenvalue weighted by atomic mass is 16.7. The summed E-state index contributed by atoms with van der Waals surface area (Å²) in [6.07, 6.45) is 1.57. The Kier molecular flexibility index (Phi) is 3.42. The van der Waals surface area contributed by atoms with Crippen molar-refractivity contribution < 1.29 is 14.3 Å². The van der Waals surface area contributed by atoms with Crippen molar-refractivity contribution in [3.63, 3.8) is 0 Å². The number of nitrogens with zero attached hydrogens (tertiary/aromatic N) is 2. The van der Waals surface area contributed by atoms with E-state index < -0.39 is 0 Å². The standard InChI is InChI=1S/C18H15N3O3/c1-12-15(10-19-21(12)14-5-3-2-4-6-14)18(22)20-13-7-8-16-17(9-13)24-11-23-16/h2-10H,11H2,1H3,(H,20,22). The minimum Gasteiger partial charge on any atom is -0.454 e. The van der Waals surface area contributed by atoms with Crippen LogP contribution in [0.1, 0.15) is 16.1 Å². The van der Waals surface area contributed by atoms with Crippen LogP contribution in [0.15, 0.2) is 54.7 Å². The molecule has 0 bridgehead atoms. The van der Waals surface area contributed by atoms with Crippen molar-refractivity contribution in [1.29, 1.82) is 0 Å². The van der Waals surface area contributed by atoms with Gasteiger partial charge in [-0.05, 0) is 31.2 Å². The molecule has 0 fully saturated rings. The van der Waals surface area contributed by atoms with E-state index in [-0.39, 0.29) is 12.7 Å². The Morgan fingerprint density at radius 3 is 2.75 bits per heavy atom. The molecule has 3 aromatic rings. The number of para-hydroxylation sites is 1. The fourth-order valence-corrected chi connectivity index (χ4v) is 2.63. The summed E-state index contributed by atoms with van der Waals surface area (Å²) in [5.41, 5.74) is 2.87. The van der Waals surface area contributed by atoms with Crippen LogP contribution < -0.4 is 14.8 Å². The molecule has 0 saturated heterocycles. The van der Waals surface area contributed by atoms with E-state index in [9.17, 15) is 4.79 Å². The van der Waals surface area contributed by atoms with Gasteiger partial charge in [-0.3, -0.25) is 4.79 Å². The molecule has 120 valence electrons. The number of hydrogen-bond donors (Lipinski definition) is 1. The number of amides is 1. The SMILES string of the molecule is Cc1c(C(=O)Nc2ccc3c(c2)OCO3)cnn1-c1ccccc1. The summed E-state index contributed by atoms with van der Waals surface area (Å²) in [4.78, 5) is 12.5. The van der Waals surface area contributed by atoms with Crippen molar-refractivity contribution in [1.82, 2.24) is 9.78 Å². The monoisotopic (exact) mass is 321 g/mol. The fourth-order valence-electron chi connectivity index (χ4n) is 2.63. The minimum atomic E-state index is -0.214. The molecule has 1 N–H and O–H groups in total. The highest BCUT2D eigenvalue weighted by Gasteiger charge is 2.17. The van der Waals surface area contributed by atoms with Gasteiger partial charge in [-0.25, -0.2) is 4.68 Å². The van der Waals surface area contributed by atoms with Crippen LogP contribution in [0.25, 0.3) is 5.69 Å². The molecule has 6 heteroatoms. The highest BCUT2D eigenvalue weighted by molar-refractivity contribution is 6.05. The van der Waals surface area contributed by atoms with E-state index >= 15 is 0 Å². The number of carbonyl (C=O) groups is 1. The van der Waals surface area contributed by atoms with Crippen molar-refractivity contribution in [2.45, 2.75) is 6.92 Å². The summed E-state index contributed by atoms with van der Waals surface area (Å²) in [6.45, 7) is 2.07. The third-order valence-corrected chi connectivity index (χ3v) is 3.89. The van der Waals surface area contributed by atoms with Crippen LogP contribution in [0.2, 0.25) is 0 Å². The maximum atomic E-state index is 12.5.